The number of guanidine groups is 1. The highest BCUT2D eigenvalue weighted by Crippen LogP contribution is 2.32. The standard InChI is InChI=1S/C18H24N4O2S/c1-3-14-11-21-17(25-14)7-8-20-18(19-4-2)22-10-13-5-6-15-16(9-13)24-12-23-15/h5-6,9,11H,3-4,7-8,10,12H2,1-2H3,(H2,19,20,22). The first-order valence-corrected chi connectivity index (χ1v) is 9.44. The van der Waals surface area contributed by atoms with Crippen LogP contribution in [0.2, 0.25) is 0 Å². The molecule has 0 saturated heterocycles. The molecule has 7 heteroatoms. The summed E-state index contributed by atoms with van der Waals surface area (Å²) in [6.45, 7) is 6.73. The van der Waals surface area contributed by atoms with Crippen LogP contribution in [0.1, 0.15) is 29.3 Å². The summed E-state index contributed by atoms with van der Waals surface area (Å²) in [6.07, 6.45) is 3.92. The number of nitrogens with zero attached hydrogens (tertiary/aromatic N) is 2. The van der Waals surface area contributed by atoms with Crippen molar-refractivity contribution < 1.29 is 9.47 Å². The van der Waals surface area contributed by atoms with Crippen molar-refractivity contribution in [2.24, 2.45) is 4.99 Å². The number of rotatable bonds is 7. The second kappa shape index (κ2) is 8.71. The second-order valence-electron chi connectivity index (χ2n) is 5.63. The van der Waals surface area contributed by atoms with Crippen LogP contribution in [0.4, 0.5) is 0 Å². The van der Waals surface area contributed by atoms with E-state index in [4.69, 9.17) is 9.47 Å². The molecule has 2 aromatic rings. The topological polar surface area (TPSA) is 67.8 Å². The van der Waals surface area contributed by atoms with Crippen LogP contribution in [-0.2, 0) is 19.4 Å². The third-order valence-corrected chi connectivity index (χ3v) is 4.98. The molecule has 0 atom stereocenters. The molecule has 134 valence electrons. The summed E-state index contributed by atoms with van der Waals surface area (Å²) in [6, 6.07) is 5.93. The van der Waals surface area contributed by atoms with Crippen molar-refractivity contribution in [1.82, 2.24) is 15.6 Å². The Kier molecular flexibility index (Phi) is 6.11. The van der Waals surface area contributed by atoms with Crippen LogP contribution < -0.4 is 20.1 Å². The smallest absolute Gasteiger partial charge is 0.231 e. The average molecular weight is 360 g/mol. The van der Waals surface area contributed by atoms with Gasteiger partial charge in [0.05, 0.1) is 11.6 Å². The van der Waals surface area contributed by atoms with Crippen LogP contribution in [0.3, 0.4) is 0 Å². The van der Waals surface area contributed by atoms with Crippen LogP contribution >= 0.6 is 11.3 Å². The quantitative estimate of drug-likeness (QED) is 0.587. The Balaban J connectivity index is 1.53. The normalized spacial score (nSPS) is 13.1. The van der Waals surface area contributed by atoms with E-state index in [1.165, 1.54) is 4.88 Å². The van der Waals surface area contributed by atoms with Crippen LogP contribution in [-0.4, -0.2) is 30.8 Å². The zero-order valence-electron chi connectivity index (χ0n) is 14.7. The number of aliphatic imine (C=N–C) groups is 1. The van der Waals surface area contributed by atoms with Gasteiger partial charge in [-0.25, -0.2) is 9.98 Å². The van der Waals surface area contributed by atoms with Crippen molar-refractivity contribution in [3.63, 3.8) is 0 Å². The number of fused-ring (bicyclic) bond motifs is 1. The highest BCUT2D eigenvalue weighted by molar-refractivity contribution is 7.11. The second-order valence-corrected chi connectivity index (χ2v) is 6.83. The summed E-state index contributed by atoms with van der Waals surface area (Å²) >= 11 is 1.78. The molecule has 25 heavy (non-hydrogen) atoms. The molecule has 0 radical (unpaired) electrons. The maximum absolute atomic E-state index is 5.41. The fourth-order valence-electron chi connectivity index (χ4n) is 2.47. The van der Waals surface area contributed by atoms with E-state index < -0.39 is 0 Å². The molecule has 3 rings (SSSR count). The predicted molar refractivity (Wildman–Crippen MR) is 101 cm³/mol. The third kappa shape index (κ3) is 4.85. The lowest BCUT2D eigenvalue weighted by Crippen LogP contribution is -2.38. The van der Waals surface area contributed by atoms with Crippen molar-refractivity contribution in [1.29, 1.82) is 0 Å². The van der Waals surface area contributed by atoms with Crippen molar-refractivity contribution in [3.05, 3.63) is 39.8 Å². The van der Waals surface area contributed by atoms with Crippen LogP contribution in [0.15, 0.2) is 29.4 Å². The number of ether oxygens (including phenoxy) is 2. The molecule has 0 fully saturated rings. The number of hydrogen-bond acceptors (Lipinski definition) is 5. The molecule has 0 saturated carbocycles. The third-order valence-electron chi connectivity index (χ3n) is 3.78. The summed E-state index contributed by atoms with van der Waals surface area (Å²) in [5.41, 5.74) is 1.09. The summed E-state index contributed by atoms with van der Waals surface area (Å²) in [7, 11) is 0. The van der Waals surface area contributed by atoms with E-state index in [0.717, 1.165) is 54.0 Å². The number of aromatic nitrogens is 1. The molecular formula is C18H24N4O2S. The fourth-order valence-corrected chi connectivity index (χ4v) is 3.33. The van der Waals surface area contributed by atoms with Crippen LogP contribution in [0.25, 0.3) is 0 Å². The van der Waals surface area contributed by atoms with Crippen LogP contribution in [0, 0.1) is 0 Å². The first kappa shape index (κ1) is 17.5. The molecule has 1 aliphatic rings. The maximum atomic E-state index is 5.41. The van der Waals surface area contributed by atoms with Gasteiger partial charge in [0.15, 0.2) is 17.5 Å². The lowest BCUT2D eigenvalue weighted by atomic mass is 10.2. The molecule has 1 aromatic heterocycles. The van der Waals surface area contributed by atoms with E-state index in [1.807, 2.05) is 24.4 Å². The van der Waals surface area contributed by atoms with Gasteiger partial charge in [-0.3, -0.25) is 0 Å². The number of nitrogens with one attached hydrogen (secondary N) is 2. The van der Waals surface area contributed by atoms with Gasteiger partial charge in [0, 0.05) is 30.6 Å². The molecule has 0 bridgehead atoms. The largest absolute Gasteiger partial charge is 0.454 e. The number of benzene rings is 1. The van der Waals surface area contributed by atoms with Gasteiger partial charge in [-0.15, -0.1) is 11.3 Å². The summed E-state index contributed by atoms with van der Waals surface area (Å²) < 4.78 is 10.7. The minimum atomic E-state index is 0.294. The molecule has 1 aliphatic heterocycles. The molecule has 0 unspecified atom stereocenters. The molecular weight excluding hydrogens is 336 g/mol. The van der Waals surface area contributed by atoms with E-state index in [0.29, 0.717) is 13.3 Å². The molecule has 2 heterocycles. The van der Waals surface area contributed by atoms with Crippen molar-refractivity contribution in [2.45, 2.75) is 33.2 Å². The zero-order valence-corrected chi connectivity index (χ0v) is 15.5. The highest BCUT2D eigenvalue weighted by Gasteiger charge is 2.13. The van der Waals surface area contributed by atoms with Gasteiger partial charge in [0.2, 0.25) is 6.79 Å². The van der Waals surface area contributed by atoms with E-state index >= 15 is 0 Å². The SMILES string of the molecule is CCNC(=NCc1ccc2c(c1)OCO2)NCCc1ncc(CC)s1. The number of hydrogen-bond donors (Lipinski definition) is 2. The summed E-state index contributed by atoms with van der Waals surface area (Å²) in [4.78, 5) is 10.4. The molecule has 1 aromatic carbocycles. The van der Waals surface area contributed by atoms with Gasteiger partial charge in [-0.05, 0) is 31.0 Å². The first-order chi connectivity index (χ1) is 12.3. The highest BCUT2D eigenvalue weighted by atomic mass is 32.1. The van der Waals surface area contributed by atoms with Crippen molar-refractivity contribution in [2.75, 3.05) is 19.9 Å². The van der Waals surface area contributed by atoms with Gasteiger partial charge in [0.1, 0.15) is 0 Å². The van der Waals surface area contributed by atoms with Crippen molar-refractivity contribution >= 4 is 17.3 Å². The number of aryl methyl sites for hydroxylation is 1. The molecule has 0 aliphatic carbocycles. The van der Waals surface area contributed by atoms with E-state index in [2.05, 4.69) is 34.5 Å². The predicted octanol–water partition coefficient (Wildman–Crippen LogP) is 2.73. The minimum Gasteiger partial charge on any atom is -0.454 e. The maximum Gasteiger partial charge on any atom is 0.231 e. The molecule has 2 N–H and O–H groups in total. The van der Waals surface area contributed by atoms with Gasteiger partial charge in [-0.1, -0.05) is 13.0 Å². The summed E-state index contributed by atoms with van der Waals surface area (Å²) in [5.74, 6) is 2.40. The van der Waals surface area contributed by atoms with E-state index in [1.54, 1.807) is 11.3 Å². The Labute approximate surface area is 152 Å². The molecule has 0 amide bonds. The Morgan fingerprint density at radius 1 is 1.24 bits per heavy atom. The molecule has 0 spiro atoms. The Hall–Kier alpha value is -2.28. The van der Waals surface area contributed by atoms with E-state index in [-0.39, 0.29) is 0 Å². The Morgan fingerprint density at radius 2 is 2.12 bits per heavy atom. The average Bonchev–Trinajstić information content (AvgIpc) is 3.28. The Morgan fingerprint density at radius 3 is 2.92 bits per heavy atom. The van der Waals surface area contributed by atoms with Gasteiger partial charge >= 0.3 is 0 Å². The summed E-state index contributed by atoms with van der Waals surface area (Å²) in [5, 5.41) is 7.81. The molecule has 6 nitrogen and oxygen atoms in total. The fraction of sp³-hybridized carbons (Fsp3) is 0.444. The van der Waals surface area contributed by atoms with E-state index in [9.17, 15) is 0 Å². The van der Waals surface area contributed by atoms with Gasteiger partial charge in [0.25, 0.3) is 0 Å². The van der Waals surface area contributed by atoms with Crippen molar-refractivity contribution in [3.8, 4) is 11.5 Å². The first-order valence-electron chi connectivity index (χ1n) is 8.62. The lowest BCUT2D eigenvalue weighted by Gasteiger charge is -2.10. The number of thiazole rings is 1. The van der Waals surface area contributed by atoms with Gasteiger partial charge < -0.3 is 20.1 Å². The van der Waals surface area contributed by atoms with Crippen LogP contribution in [0.5, 0.6) is 11.5 Å². The Bertz CT molecular complexity index is 730. The lowest BCUT2D eigenvalue weighted by molar-refractivity contribution is 0.174. The monoisotopic (exact) mass is 360 g/mol. The van der Waals surface area contributed by atoms with Gasteiger partial charge in [-0.2, -0.15) is 0 Å². The zero-order chi connectivity index (χ0) is 17.5. The minimum absolute atomic E-state index is 0.294.